The van der Waals surface area contributed by atoms with E-state index in [1.165, 1.54) is 6.07 Å². The van der Waals surface area contributed by atoms with Crippen LogP contribution in [0.25, 0.3) is 0 Å². The summed E-state index contributed by atoms with van der Waals surface area (Å²) in [4.78, 5) is 10.5. The fourth-order valence-electron chi connectivity index (χ4n) is 1.02. The average molecular weight is 247 g/mol. The molecule has 0 heterocycles. The van der Waals surface area contributed by atoms with Crippen LogP contribution in [0.3, 0.4) is 0 Å². The van der Waals surface area contributed by atoms with Crippen molar-refractivity contribution >= 4 is 22.2 Å². The van der Waals surface area contributed by atoms with Crippen LogP contribution in [0.15, 0.2) is 18.2 Å². The maximum absolute atomic E-state index is 12.7. The lowest BCUT2D eigenvalue weighted by molar-refractivity contribution is -0.108. The maximum atomic E-state index is 12.7. The van der Waals surface area contributed by atoms with E-state index >= 15 is 0 Å². The number of carbonyl (C=O) groups is 1. The van der Waals surface area contributed by atoms with E-state index in [4.69, 9.17) is 0 Å². The summed E-state index contributed by atoms with van der Waals surface area (Å²) in [5, 5.41) is 9.69. The van der Waals surface area contributed by atoms with E-state index in [-0.39, 0.29) is 5.75 Å². The number of carbonyl (C=O) groups excluding carboxylic acids is 1. The Morgan fingerprint density at radius 1 is 1.62 bits per heavy atom. The van der Waals surface area contributed by atoms with Crippen LogP contribution < -0.4 is 0 Å². The minimum Gasteiger partial charge on any atom is -0.508 e. The summed E-state index contributed by atoms with van der Waals surface area (Å²) >= 11 is 3.11. The Kier molecular flexibility index (Phi) is 3.42. The lowest BCUT2D eigenvalue weighted by Gasteiger charge is -2.08. The molecule has 0 bridgehead atoms. The highest BCUT2D eigenvalue weighted by Crippen LogP contribution is 2.26. The molecular formula is C9H8BrFO2. The van der Waals surface area contributed by atoms with Gasteiger partial charge in [-0.25, -0.2) is 4.39 Å². The fraction of sp³-hybridized carbons (Fsp3) is 0.222. The van der Waals surface area contributed by atoms with Gasteiger partial charge in [-0.05, 0) is 18.2 Å². The molecule has 0 aliphatic carbocycles. The van der Waals surface area contributed by atoms with Gasteiger partial charge in [-0.2, -0.15) is 0 Å². The van der Waals surface area contributed by atoms with Crippen LogP contribution in [0.1, 0.15) is 11.5 Å². The van der Waals surface area contributed by atoms with E-state index in [0.717, 1.165) is 12.1 Å². The molecule has 1 rings (SSSR count). The third kappa shape index (κ3) is 2.28. The first-order valence-corrected chi connectivity index (χ1v) is 4.81. The summed E-state index contributed by atoms with van der Waals surface area (Å²) in [6.45, 7) is 0. The predicted molar refractivity (Wildman–Crippen MR) is 50.7 cm³/mol. The SMILES string of the molecule is O=CC(CBr)c1cc(F)ccc1O. The molecule has 1 unspecified atom stereocenters. The minimum atomic E-state index is -0.504. The van der Waals surface area contributed by atoms with Crippen LogP contribution in [0.2, 0.25) is 0 Å². The van der Waals surface area contributed by atoms with Gasteiger partial charge < -0.3 is 9.90 Å². The lowest BCUT2D eigenvalue weighted by atomic mass is 10.0. The van der Waals surface area contributed by atoms with Crippen LogP contribution in [-0.4, -0.2) is 16.7 Å². The molecule has 0 saturated carbocycles. The van der Waals surface area contributed by atoms with Gasteiger partial charge in [0.1, 0.15) is 17.9 Å². The zero-order chi connectivity index (χ0) is 9.84. The number of hydrogen-bond acceptors (Lipinski definition) is 2. The first kappa shape index (κ1) is 10.2. The second-order valence-electron chi connectivity index (χ2n) is 2.60. The molecule has 1 N–H and O–H groups in total. The number of aldehydes is 1. The van der Waals surface area contributed by atoms with Crippen molar-refractivity contribution in [2.75, 3.05) is 5.33 Å². The smallest absolute Gasteiger partial charge is 0.128 e. The Morgan fingerprint density at radius 3 is 2.85 bits per heavy atom. The normalized spacial score (nSPS) is 12.5. The molecule has 0 amide bonds. The molecule has 4 heteroatoms. The Morgan fingerprint density at radius 2 is 2.31 bits per heavy atom. The molecule has 0 aliphatic rings. The minimum absolute atomic E-state index is 0.0575. The van der Waals surface area contributed by atoms with Crippen molar-refractivity contribution in [1.29, 1.82) is 0 Å². The van der Waals surface area contributed by atoms with Crippen LogP contribution in [-0.2, 0) is 4.79 Å². The van der Waals surface area contributed by atoms with Crippen LogP contribution in [0, 0.1) is 5.82 Å². The van der Waals surface area contributed by atoms with Crippen LogP contribution >= 0.6 is 15.9 Å². The van der Waals surface area contributed by atoms with E-state index in [1.54, 1.807) is 0 Å². The molecule has 0 spiro atoms. The van der Waals surface area contributed by atoms with Gasteiger partial charge in [0.05, 0.1) is 5.92 Å². The van der Waals surface area contributed by atoms with Gasteiger partial charge in [-0.15, -0.1) is 0 Å². The molecular weight excluding hydrogens is 239 g/mol. The van der Waals surface area contributed by atoms with Crippen LogP contribution in [0.4, 0.5) is 4.39 Å². The van der Waals surface area contributed by atoms with Crippen molar-refractivity contribution < 1.29 is 14.3 Å². The van der Waals surface area contributed by atoms with E-state index in [0.29, 0.717) is 17.2 Å². The number of rotatable bonds is 3. The number of aromatic hydroxyl groups is 1. The molecule has 0 radical (unpaired) electrons. The fourth-order valence-corrected chi connectivity index (χ4v) is 1.52. The molecule has 1 aromatic carbocycles. The number of phenols is 1. The standard InChI is InChI=1S/C9H8BrFO2/c10-4-6(5-12)8-3-7(11)1-2-9(8)13/h1-3,5-6,13H,4H2. The summed E-state index contributed by atoms with van der Waals surface area (Å²) in [6, 6.07) is 3.55. The first-order chi connectivity index (χ1) is 6.19. The van der Waals surface area contributed by atoms with E-state index < -0.39 is 11.7 Å². The second kappa shape index (κ2) is 4.37. The molecule has 0 fully saturated rings. The van der Waals surface area contributed by atoms with Gasteiger partial charge in [0, 0.05) is 10.9 Å². The van der Waals surface area contributed by atoms with Gasteiger partial charge in [0.2, 0.25) is 0 Å². The zero-order valence-corrected chi connectivity index (χ0v) is 8.29. The topological polar surface area (TPSA) is 37.3 Å². The van der Waals surface area contributed by atoms with Crippen molar-refractivity contribution in [3.8, 4) is 5.75 Å². The largest absolute Gasteiger partial charge is 0.508 e. The third-order valence-electron chi connectivity index (χ3n) is 1.72. The molecule has 0 aliphatic heterocycles. The summed E-state index contributed by atoms with van der Waals surface area (Å²) in [7, 11) is 0. The summed E-state index contributed by atoms with van der Waals surface area (Å²) in [5.74, 6) is -1.02. The highest BCUT2D eigenvalue weighted by molar-refractivity contribution is 9.09. The number of halogens is 2. The number of phenolic OH excluding ortho intramolecular Hbond substituents is 1. The Hall–Kier alpha value is -0.900. The van der Waals surface area contributed by atoms with E-state index in [2.05, 4.69) is 15.9 Å². The van der Waals surface area contributed by atoms with Gasteiger partial charge in [0.25, 0.3) is 0 Å². The zero-order valence-electron chi connectivity index (χ0n) is 6.71. The van der Waals surface area contributed by atoms with Crippen molar-refractivity contribution in [2.45, 2.75) is 5.92 Å². The second-order valence-corrected chi connectivity index (χ2v) is 3.25. The number of hydrogen-bond donors (Lipinski definition) is 1. The number of alkyl halides is 1. The van der Waals surface area contributed by atoms with Gasteiger partial charge in [-0.3, -0.25) is 0 Å². The van der Waals surface area contributed by atoms with Gasteiger partial charge >= 0.3 is 0 Å². The molecule has 0 aromatic heterocycles. The monoisotopic (exact) mass is 246 g/mol. The predicted octanol–water partition coefficient (Wildman–Crippen LogP) is 2.21. The maximum Gasteiger partial charge on any atom is 0.128 e. The summed E-state index contributed by atoms with van der Waals surface area (Å²) < 4.78 is 12.7. The highest BCUT2D eigenvalue weighted by atomic mass is 79.9. The van der Waals surface area contributed by atoms with E-state index in [1.807, 2.05) is 0 Å². The molecule has 1 atom stereocenters. The first-order valence-electron chi connectivity index (χ1n) is 3.68. The molecule has 1 aromatic rings. The Bertz CT molecular complexity index is 314. The van der Waals surface area contributed by atoms with Crippen molar-refractivity contribution in [3.05, 3.63) is 29.6 Å². The molecule has 2 nitrogen and oxygen atoms in total. The summed E-state index contributed by atoms with van der Waals surface area (Å²) in [6.07, 6.45) is 0.670. The lowest BCUT2D eigenvalue weighted by Crippen LogP contribution is -2.02. The van der Waals surface area contributed by atoms with Crippen molar-refractivity contribution in [2.24, 2.45) is 0 Å². The van der Waals surface area contributed by atoms with Crippen molar-refractivity contribution in [3.63, 3.8) is 0 Å². The quantitative estimate of drug-likeness (QED) is 0.656. The average Bonchev–Trinajstić information content (AvgIpc) is 2.13. The Balaban J connectivity index is 3.10. The van der Waals surface area contributed by atoms with Crippen molar-refractivity contribution in [1.82, 2.24) is 0 Å². The van der Waals surface area contributed by atoms with Gasteiger partial charge in [-0.1, -0.05) is 15.9 Å². The highest BCUT2D eigenvalue weighted by Gasteiger charge is 2.13. The molecule has 13 heavy (non-hydrogen) atoms. The molecule has 0 saturated heterocycles. The van der Waals surface area contributed by atoms with Crippen LogP contribution in [0.5, 0.6) is 5.75 Å². The number of benzene rings is 1. The third-order valence-corrected chi connectivity index (χ3v) is 2.42. The van der Waals surface area contributed by atoms with Gasteiger partial charge in [0.15, 0.2) is 0 Å². The van der Waals surface area contributed by atoms with E-state index in [9.17, 15) is 14.3 Å². The summed E-state index contributed by atoms with van der Waals surface area (Å²) in [5.41, 5.74) is 0.312. The molecule has 70 valence electrons. The Labute approximate surface area is 83.5 Å².